The molecule has 0 atom stereocenters. The van der Waals surface area contributed by atoms with Gasteiger partial charge in [0.15, 0.2) is 0 Å². The number of hydrogen-bond donors (Lipinski definition) is 2. The fourth-order valence-corrected chi connectivity index (χ4v) is 4.63. The van der Waals surface area contributed by atoms with Gasteiger partial charge in [0, 0.05) is 45.6 Å². The summed E-state index contributed by atoms with van der Waals surface area (Å²) >= 11 is 6.40. The maximum Gasteiger partial charge on any atom is 0.305 e. The number of aliphatic carboxylic acids is 1. The molecule has 5 rings (SSSR count). The third-order valence-corrected chi connectivity index (χ3v) is 6.07. The Morgan fingerprint density at radius 3 is 2.45 bits per heavy atom. The smallest absolute Gasteiger partial charge is 0.305 e. The first kappa shape index (κ1) is 20.7. The minimum atomic E-state index is -1.02. The Morgan fingerprint density at radius 2 is 1.76 bits per heavy atom. The number of carbonyl (C=O) groups is 3. The molecule has 0 spiro atoms. The van der Waals surface area contributed by atoms with Gasteiger partial charge in [0.2, 0.25) is 0 Å². The number of rotatable bonds is 5. The van der Waals surface area contributed by atoms with Crippen LogP contribution in [0.15, 0.2) is 48.5 Å². The van der Waals surface area contributed by atoms with E-state index >= 15 is 0 Å². The Balaban J connectivity index is 1.97. The van der Waals surface area contributed by atoms with Crippen molar-refractivity contribution in [2.24, 2.45) is 0 Å². The molecule has 0 saturated carbocycles. The maximum atomic E-state index is 12.9. The van der Waals surface area contributed by atoms with Crippen LogP contribution in [0.4, 0.5) is 5.69 Å². The van der Waals surface area contributed by atoms with Crippen molar-refractivity contribution in [3.05, 3.63) is 74.8 Å². The van der Waals surface area contributed by atoms with Crippen LogP contribution in [0.2, 0.25) is 5.02 Å². The number of nitrogens with one attached hydrogen (secondary N) is 1. The highest BCUT2D eigenvalue weighted by Crippen LogP contribution is 2.42. The van der Waals surface area contributed by atoms with Crippen molar-refractivity contribution in [1.82, 2.24) is 9.88 Å². The van der Waals surface area contributed by atoms with Gasteiger partial charge in [0.25, 0.3) is 17.5 Å². The molecule has 0 unspecified atom stereocenters. The van der Waals surface area contributed by atoms with Crippen molar-refractivity contribution in [2.75, 3.05) is 0 Å². The van der Waals surface area contributed by atoms with E-state index in [-0.39, 0.29) is 29.8 Å². The van der Waals surface area contributed by atoms with Crippen LogP contribution in [-0.4, -0.2) is 32.4 Å². The highest BCUT2D eigenvalue weighted by molar-refractivity contribution is 6.36. The van der Waals surface area contributed by atoms with Crippen molar-refractivity contribution in [1.29, 1.82) is 0 Å². The van der Waals surface area contributed by atoms with Crippen molar-refractivity contribution in [3.8, 4) is 11.1 Å². The molecule has 0 radical (unpaired) electrons. The van der Waals surface area contributed by atoms with E-state index in [2.05, 4.69) is 5.32 Å². The number of aryl methyl sites for hydroxylation is 1. The fourth-order valence-electron chi connectivity index (χ4n) is 4.39. The van der Waals surface area contributed by atoms with Crippen molar-refractivity contribution in [3.63, 3.8) is 0 Å². The van der Waals surface area contributed by atoms with E-state index in [4.69, 9.17) is 11.6 Å². The van der Waals surface area contributed by atoms with Crippen LogP contribution in [0.1, 0.15) is 27.1 Å². The quantitative estimate of drug-likeness (QED) is 0.256. The molecule has 0 bridgehead atoms. The van der Waals surface area contributed by atoms with Gasteiger partial charge in [-0.15, -0.1) is 0 Å². The average Bonchev–Trinajstić information content (AvgIpc) is 3.25. The van der Waals surface area contributed by atoms with Gasteiger partial charge in [0.1, 0.15) is 0 Å². The molecular weight excluding hydrogens is 450 g/mol. The zero-order valence-electron chi connectivity index (χ0n) is 16.8. The number of halogens is 1. The first-order valence-corrected chi connectivity index (χ1v) is 10.3. The lowest BCUT2D eigenvalue weighted by Gasteiger charge is -2.12. The van der Waals surface area contributed by atoms with E-state index in [1.54, 1.807) is 34.9 Å². The number of non-ortho nitro benzene ring substituents is 1. The van der Waals surface area contributed by atoms with Crippen LogP contribution in [0.25, 0.3) is 32.9 Å². The predicted molar refractivity (Wildman–Crippen MR) is 121 cm³/mol. The molecule has 2 amide bonds. The molecule has 2 heterocycles. The Hall–Kier alpha value is -4.24. The Labute approximate surface area is 190 Å². The lowest BCUT2D eigenvalue weighted by atomic mass is 9.93. The molecule has 1 aliphatic heterocycles. The molecule has 2 N–H and O–H groups in total. The number of nitro groups is 1. The summed E-state index contributed by atoms with van der Waals surface area (Å²) in [6, 6.07) is 12.7. The van der Waals surface area contributed by atoms with Crippen molar-refractivity contribution in [2.45, 2.75) is 13.0 Å². The normalized spacial score (nSPS) is 12.9. The van der Waals surface area contributed by atoms with E-state index in [1.165, 1.54) is 18.2 Å². The number of nitrogens with zero attached hydrogens (tertiary/aromatic N) is 2. The standard InChI is InChI=1S/C23H14ClN3O6/c24-15-4-2-1-3-12(15)13-10-17-19(21-20(13)22(30)25-23(21)31)14-9-11(27(32)33)5-6-16(14)26(17)8-7-18(28)29/h1-6,9-10H,7-8H2,(H,28,29)(H,25,30,31). The second-order valence-corrected chi connectivity index (χ2v) is 7.99. The predicted octanol–water partition coefficient (Wildman–Crippen LogP) is 4.38. The highest BCUT2D eigenvalue weighted by atomic mass is 35.5. The summed E-state index contributed by atoms with van der Waals surface area (Å²) in [4.78, 5) is 47.8. The molecule has 1 aliphatic rings. The Kier molecular flexibility index (Phi) is 4.64. The molecule has 33 heavy (non-hydrogen) atoms. The number of carboxylic acid groups (broad SMARTS) is 1. The summed E-state index contributed by atoms with van der Waals surface area (Å²) in [5.41, 5.74) is 1.97. The maximum absolute atomic E-state index is 12.9. The number of hydrogen-bond acceptors (Lipinski definition) is 5. The monoisotopic (exact) mass is 463 g/mol. The summed E-state index contributed by atoms with van der Waals surface area (Å²) in [7, 11) is 0. The molecule has 0 fully saturated rings. The summed E-state index contributed by atoms with van der Waals surface area (Å²) in [6.07, 6.45) is -0.209. The van der Waals surface area contributed by atoms with Gasteiger partial charge in [-0.3, -0.25) is 29.8 Å². The number of fused-ring (bicyclic) bond motifs is 5. The molecule has 1 aromatic heterocycles. The van der Waals surface area contributed by atoms with Crippen LogP contribution in [-0.2, 0) is 11.3 Å². The molecule has 0 saturated heterocycles. The molecule has 9 nitrogen and oxygen atoms in total. The van der Waals surface area contributed by atoms with Crippen LogP contribution >= 0.6 is 11.6 Å². The third-order valence-electron chi connectivity index (χ3n) is 5.74. The first-order chi connectivity index (χ1) is 15.8. The fraction of sp³-hybridized carbons (Fsp3) is 0.0870. The minimum Gasteiger partial charge on any atom is -0.481 e. The van der Waals surface area contributed by atoms with Gasteiger partial charge in [-0.2, -0.15) is 0 Å². The number of amides is 2. The summed E-state index contributed by atoms with van der Waals surface area (Å²) in [5, 5.41) is 24.1. The topological polar surface area (TPSA) is 132 Å². The SMILES string of the molecule is O=C(O)CCn1c2ccc([N+](=O)[O-])cc2c2c3c(c(-c4ccccc4Cl)cc21)C(=O)NC3=O. The van der Waals surface area contributed by atoms with Gasteiger partial charge in [0.05, 0.1) is 28.0 Å². The summed E-state index contributed by atoms with van der Waals surface area (Å²) in [6.45, 7) is 0.0590. The molecular formula is C23H14ClN3O6. The number of imide groups is 1. The van der Waals surface area contributed by atoms with Gasteiger partial charge >= 0.3 is 5.97 Å². The largest absolute Gasteiger partial charge is 0.481 e. The Morgan fingerprint density at radius 1 is 1.03 bits per heavy atom. The zero-order chi connectivity index (χ0) is 23.4. The van der Waals surface area contributed by atoms with Crippen LogP contribution in [0.5, 0.6) is 0 Å². The number of aromatic nitrogens is 1. The van der Waals surface area contributed by atoms with Crippen molar-refractivity contribution < 1.29 is 24.4 Å². The van der Waals surface area contributed by atoms with Gasteiger partial charge in [-0.25, -0.2) is 0 Å². The van der Waals surface area contributed by atoms with Crippen molar-refractivity contribution >= 4 is 56.9 Å². The first-order valence-electron chi connectivity index (χ1n) is 9.87. The van der Waals surface area contributed by atoms with E-state index in [9.17, 15) is 29.6 Å². The minimum absolute atomic E-state index is 0.0590. The molecule has 164 valence electrons. The van der Waals surface area contributed by atoms with Gasteiger partial charge < -0.3 is 9.67 Å². The van der Waals surface area contributed by atoms with Crippen LogP contribution < -0.4 is 5.32 Å². The summed E-state index contributed by atoms with van der Waals surface area (Å²) < 4.78 is 1.69. The number of benzene rings is 3. The van der Waals surface area contributed by atoms with E-state index in [0.29, 0.717) is 38.0 Å². The number of carboxylic acids is 1. The highest BCUT2D eigenvalue weighted by Gasteiger charge is 2.35. The van der Waals surface area contributed by atoms with Crippen LogP contribution in [0, 0.1) is 10.1 Å². The second-order valence-electron chi connectivity index (χ2n) is 7.59. The van der Waals surface area contributed by atoms with E-state index in [0.717, 1.165) is 0 Å². The molecule has 0 aliphatic carbocycles. The zero-order valence-corrected chi connectivity index (χ0v) is 17.5. The Bertz CT molecular complexity index is 1560. The summed E-state index contributed by atoms with van der Waals surface area (Å²) in [5.74, 6) is -2.24. The van der Waals surface area contributed by atoms with Gasteiger partial charge in [-0.1, -0.05) is 29.8 Å². The molecule has 4 aromatic rings. The number of nitro benzene ring substituents is 1. The molecule has 3 aromatic carbocycles. The number of carbonyl (C=O) groups excluding carboxylic acids is 2. The van der Waals surface area contributed by atoms with E-state index < -0.39 is 22.7 Å². The third kappa shape index (κ3) is 3.13. The second kappa shape index (κ2) is 7.42. The lowest BCUT2D eigenvalue weighted by Crippen LogP contribution is -2.20. The average molecular weight is 464 g/mol. The molecule has 10 heteroatoms. The van der Waals surface area contributed by atoms with Crippen LogP contribution in [0.3, 0.4) is 0 Å². The van der Waals surface area contributed by atoms with Gasteiger partial charge in [-0.05, 0) is 23.8 Å². The lowest BCUT2D eigenvalue weighted by molar-refractivity contribution is -0.384. The van der Waals surface area contributed by atoms with E-state index in [1.807, 2.05) is 0 Å².